The van der Waals surface area contributed by atoms with Crippen LogP contribution in [0.2, 0.25) is 5.02 Å². The first kappa shape index (κ1) is 21.2. The molecular weight excluding hydrogens is 438 g/mol. The molecule has 1 amide bonds. The van der Waals surface area contributed by atoms with E-state index in [1.807, 2.05) is 26.0 Å². The summed E-state index contributed by atoms with van der Waals surface area (Å²) in [6.07, 6.45) is 1.46. The molecule has 0 saturated carbocycles. The molecule has 10 heteroatoms. The minimum absolute atomic E-state index is 0.132. The van der Waals surface area contributed by atoms with Crippen molar-refractivity contribution in [3.8, 4) is 11.5 Å². The Labute approximate surface area is 187 Å². The van der Waals surface area contributed by atoms with Gasteiger partial charge >= 0.3 is 0 Å². The maximum atomic E-state index is 13.4. The van der Waals surface area contributed by atoms with Gasteiger partial charge in [0.2, 0.25) is 11.8 Å². The maximum Gasteiger partial charge on any atom is 0.264 e. The summed E-state index contributed by atoms with van der Waals surface area (Å²) in [5, 5.41) is 9.14. The van der Waals surface area contributed by atoms with Crippen LogP contribution < -0.4 is 5.56 Å². The number of hydrogen-bond donors (Lipinski definition) is 0. The molecule has 0 atom stereocenters. The summed E-state index contributed by atoms with van der Waals surface area (Å²) >= 11 is 7.43. The third-order valence-electron chi connectivity index (χ3n) is 4.97. The SMILES string of the molecule is Cc1c(C(=O)N(Cc2nnc(-c3ccccc3Cl)o2)C(C)C)sc2ncn(C)c(=O)c12. The lowest BCUT2D eigenvalue weighted by Gasteiger charge is -2.24. The lowest BCUT2D eigenvalue weighted by atomic mass is 10.2. The minimum Gasteiger partial charge on any atom is -0.419 e. The maximum absolute atomic E-state index is 13.4. The molecule has 160 valence electrons. The zero-order chi connectivity index (χ0) is 22.3. The number of carbonyl (C=O) groups excluding carboxylic acids is 1. The predicted molar refractivity (Wildman–Crippen MR) is 119 cm³/mol. The van der Waals surface area contributed by atoms with E-state index in [0.29, 0.717) is 43.0 Å². The number of amides is 1. The van der Waals surface area contributed by atoms with Gasteiger partial charge in [-0.2, -0.15) is 0 Å². The molecule has 8 nitrogen and oxygen atoms in total. The molecule has 4 rings (SSSR count). The van der Waals surface area contributed by atoms with E-state index in [2.05, 4.69) is 15.2 Å². The van der Waals surface area contributed by atoms with Gasteiger partial charge in [0.05, 0.1) is 33.7 Å². The van der Waals surface area contributed by atoms with Gasteiger partial charge in [0.25, 0.3) is 11.5 Å². The molecule has 0 aliphatic carbocycles. The number of aryl methyl sites for hydroxylation is 2. The Balaban J connectivity index is 1.66. The Hall–Kier alpha value is -3.04. The smallest absolute Gasteiger partial charge is 0.264 e. The summed E-state index contributed by atoms with van der Waals surface area (Å²) < 4.78 is 7.19. The zero-order valence-corrected chi connectivity index (χ0v) is 19.0. The first-order chi connectivity index (χ1) is 14.8. The minimum atomic E-state index is -0.213. The first-order valence-corrected chi connectivity index (χ1v) is 10.8. The van der Waals surface area contributed by atoms with Crippen LogP contribution in [-0.2, 0) is 13.6 Å². The summed E-state index contributed by atoms with van der Waals surface area (Å²) in [6, 6.07) is 7.05. The molecule has 0 radical (unpaired) electrons. The second kappa shape index (κ2) is 8.24. The monoisotopic (exact) mass is 457 g/mol. The highest BCUT2D eigenvalue weighted by Crippen LogP contribution is 2.30. The van der Waals surface area contributed by atoms with Gasteiger partial charge in [-0.15, -0.1) is 21.5 Å². The van der Waals surface area contributed by atoms with Crippen molar-refractivity contribution in [2.24, 2.45) is 7.05 Å². The van der Waals surface area contributed by atoms with Gasteiger partial charge in [-0.1, -0.05) is 23.7 Å². The topological polar surface area (TPSA) is 94.1 Å². The Morgan fingerprint density at radius 3 is 2.74 bits per heavy atom. The molecule has 0 spiro atoms. The van der Waals surface area contributed by atoms with E-state index < -0.39 is 0 Å². The standard InChI is InChI=1S/C21H20ClN5O3S/c1-11(2)27(9-15-24-25-18(30-15)13-7-5-6-8-14(13)22)21(29)17-12(3)16-19(31-17)23-10-26(4)20(16)28/h5-8,10-11H,9H2,1-4H3. The number of halogens is 1. The highest BCUT2D eigenvalue weighted by atomic mass is 35.5. The molecule has 0 aliphatic heterocycles. The van der Waals surface area contributed by atoms with Gasteiger partial charge in [0.1, 0.15) is 4.83 Å². The van der Waals surface area contributed by atoms with E-state index >= 15 is 0 Å². The fourth-order valence-corrected chi connectivity index (χ4v) is 4.55. The van der Waals surface area contributed by atoms with Crippen LogP contribution in [0, 0.1) is 6.92 Å². The van der Waals surface area contributed by atoms with Gasteiger partial charge in [-0.05, 0) is 38.5 Å². The van der Waals surface area contributed by atoms with Crippen LogP contribution in [0.1, 0.15) is 35.0 Å². The largest absolute Gasteiger partial charge is 0.419 e. The van der Waals surface area contributed by atoms with Crippen molar-refractivity contribution in [3.63, 3.8) is 0 Å². The third-order valence-corrected chi connectivity index (χ3v) is 6.48. The van der Waals surface area contributed by atoms with Gasteiger partial charge in [0, 0.05) is 13.1 Å². The fraction of sp³-hybridized carbons (Fsp3) is 0.286. The van der Waals surface area contributed by atoms with E-state index in [-0.39, 0.29) is 24.1 Å². The number of aromatic nitrogens is 4. The first-order valence-electron chi connectivity index (χ1n) is 9.61. The van der Waals surface area contributed by atoms with Crippen molar-refractivity contribution in [3.05, 3.63) is 62.3 Å². The molecule has 3 heterocycles. The fourth-order valence-electron chi connectivity index (χ4n) is 3.24. The van der Waals surface area contributed by atoms with Gasteiger partial charge in [-0.25, -0.2) is 4.98 Å². The number of fused-ring (bicyclic) bond motifs is 1. The van der Waals surface area contributed by atoms with E-state index in [0.717, 1.165) is 0 Å². The molecule has 0 N–H and O–H groups in total. The molecule has 0 saturated heterocycles. The van der Waals surface area contributed by atoms with Crippen molar-refractivity contribution in [1.82, 2.24) is 24.6 Å². The normalized spacial score (nSPS) is 11.4. The molecule has 4 aromatic rings. The molecule has 0 aliphatic rings. The molecule has 0 unspecified atom stereocenters. The number of hydrogen-bond acceptors (Lipinski definition) is 7. The van der Waals surface area contributed by atoms with Crippen LogP contribution in [0.15, 0.2) is 39.8 Å². The van der Waals surface area contributed by atoms with Crippen molar-refractivity contribution in [2.75, 3.05) is 0 Å². The highest BCUT2D eigenvalue weighted by molar-refractivity contribution is 7.20. The van der Waals surface area contributed by atoms with Crippen molar-refractivity contribution >= 4 is 39.1 Å². The molecule has 0 bridgehead atoms. The number of benzene rings is 1. The lowest BCUT2D eigenvalue weighted by Crippen LogP contribution is -2.36. The summed E-state index contributed by atoms with van der Waals surface area (Å²) in [5.74, 6) is 0.377. The zero-order valence-electron chi connectivity index (χ0n) is 17.4. The van der Waals surface area contributed by atoms with Gasteiger partial charge < -0.3 is 13.9 Å². The quantitative estimate of drug-likeness (QED) is 0.448. The van der Waals surface area contributed by atoms with Crippen LogP contribution >= 0.6 is 22.9 Å². The second-order valence-electron chi connectivity index (χ2n) is 7.40. The summed E-state index contributed by atoms with van der Waals surface area (Å²) in [7, 11) is 1.64. The van der Waals surface area contributed by atoms with Crippen molar-refractivity contribution < 1.29 is 9.21 Å². The van der Waals surface area contributed by atoms with Crippen LogP contribution in [0.25, 0.3) is 21.7 Å². The van der Waals surface area contributed by atoms with Gasteiger partial charge in [-0.3, -0.25) is 9.59 Å². The van der Waals surface area contributed by atoms with E-state index in [9.17, 15) is 9.59 Å². The third kappa shape index (κ3) is 3.86. The van der Waals surface area contributed by atoms with E-state index in [1.54, 1.807) is 31.0 Å². The second-order valence-corrected chi connectivity index (χ2v) is 8.81. The van der Waals surface area contributed by atoms with Crippen LogP contribution in [0.4, 0.5) is 0 Å². The Kier molecular flexibility index (Phi) is 5.63. The van der Waals surface area contributed by atoms with Crippen molar-refractivity contribution in [2.45, 2.75) is 33.4 Å². The van der Waals surface area contributed by atoms with E-state index in [1.165, 1.54) is 22.2 Å². The molecule has 1 aromatic carbocycles. The summed E-state index contributed by atoms with van der Waals surface area (Å²) in [6.45, 7) is 5.72. The predicted octanol–water partition coefficient (Wildman–Crippen LogP) is 4.06. The van der Waals surface area contributed by atoms with Crippen LogP contribution in [0.5, 0.6) is 0 Å². The average Bonchev–Trinajstić information content (AvgIpc) is 3.33. The number of thiophene rings is 1. The number of nitrogens with zero attached hydrogens (tertiary/aromatic N) is 5. The molecule has 31 heavy (non-hydrogen) atoms. The Morgan fingerprint density at radius 1 is 1.29 bits per heavy atom. The molecule has 0 fully saturated rings. The number of rotatable bonds is 5. The van der Waals surface area contributed by atoms with Gasteiger partial charge in [0.15, 0.2) is 0 Å². The van der Waals surface area contributed by atoms with E-state index in [4.69, 9.17) is 16.0 Å². The number of carbonyl (C=O) groups is 1. The Bertz CT molecular complexity index is 1340. The summed E-state index contributed by atoms with van der Waals surface area (Å²) in [5.41, 5.74) is 1.09. The molecular formula is C21H20ClN5O3S. The summed E-state index contributed by atoms with van der Waals surface area (Å²) in [4.78, 5) is 32.9. The van der Waals surface area contributed by atoms with Crippen LogP contribution in [0.3, 0.4) is 0 Å². The van der Waals surface area contributed by atoms with Crippen LogP contribution in [-0.4, -0.2) is 36.6 Å². The Morgan fingerprint density at radius 2 is 2.03 bits per heavy atom. The lowest BCUT2D eigenvalue weighted by molar-refractivity contribution is 0.0677. The average molecular weight is 458 g/mol. The van der Waals surface area contributed by atoms with Crippen molar-refractivity contribution in [1.29, 1.82) is 0 Å². The highest BCUT2D eigenvalue weighted by Gasteiger charge is 2.27. The molecule has 3 aromatic heterocycles.